The second-order valence-electron chi connectivity index (χ2n) is 4.25. The number of aromatic nitrogens is 3. The van der Waals surface area contributed by atoms with Crippen molar-refractivity contribution in [3.8, 4) is 0 Å². The topological polar surface area (TPSA) is 84.7 Å². The lowest BCUT2D eigenvalue weighted by Crippen LogP contribution is -2.02. The fourth-order valence-electron chi connectivity index (χ4n) is 1.85. The summed E-state index contributed by atoms with van der Waals surface area (Å²) >= 11 is 5.91. The number of aromatic amines is 1. The molecule has 3 N–H and O–H groups in total. The lowest BCUT2D eigenvalue weighted by Gasteiger charge is -1.99. The molecule has 0 aliphatic carbocycles. The van der Waals surface area contributed by atoms with Gasteiger partial charge in [-0.25, -0.2) is 9.97 Å². The van der Waals surface area contributed by atoms with Crippen LogP contribution in [-0.4, -0.2) is 19.2 Å². The Morgan fingerprint density at radius 1 is 1.25 bits per heavy atom. The number of halogens is 1. The Hall–Kier alpha value is -1.92. The summed E-state index contributed by atoms with van der Waals surface area (Å²) in [6, 6.07) is 10.5. The Labute approximate surface area is 122 Å². The number of imidazole rings is 1. The van der Waals surface area contributed by atoms with Crippen molar-refractivity contribution < 1.29 is 4.21 Å². The quantitative estimate of drug-likeness (QED) is 0.778. The van der Waals surface area contributed by atoms with Gasteiger partial charge in [0.25, 0.3) is 0 Å². The second-order valence-corrected chi connectivity index (χ2v) is 6.05. The molecule has 1 atom stereocenters. The van der Waals surface area contributed by atoms with Crippen molar-refractivity contribution in [2.75, 3.05) is 5.73 Å². The Balaban J connectivity index is 1.88. The molecule has 0 spiro atoms. The minimum absolute atomic E-state index is 0.262. The zero-order valence-corrected chi connectivity index (χ0v) is 11.9. The molecule has 1 unspecified atom stereocenters. The average Bonchev–Trinajstić information content (AvgIpc) is 2.81. The molecule has 0 aliphatic rings. The lowest BCUT2D eigenvalue weighted by atomic mass is 10.3. The van der Waals surface area contributed by atoms with Gasteiger partial charge in [-0.1, -0.05) is 17.7 Å². The van der Waals surface area contributed by atoms with Crippen molar-refractivity contribution in [2.45, 2.75) is 10.9 Å². The molecule has 3 rings (SSSR count). The van der Waals surface area contributed by atoms with Crippen LogP contribution in [0.2, 0.25) is 5.02 Å². The van der Waals surface area contributed by atoms with Crippen LogP contribution in [0.5, 0.6) is 0 Å². The largest absolute Gasteiger partial charge is 0.384 e. The number of hydrogen-bond donors (Lipinski definition) is 2. The van der Waals surface area contributed by atoms with E-state index in [0.29, 0.717) is 21.7 Å². The number of nitrogens with one attached hydrogen (secondary N) is 1. The van der Waals surface area contributed by atoms with E-state index in [-0.39, 0.29) is 5.75 Å². The number of fused-ring (bicyclic) bond motifs is 1. The van der Waals surface area contributed by atoms with Crippen molar-refractivity contribution in [3.05, 3.63) is 47.1 Å². The maximum atomic E-state index is 12.3. The zero-order chi connectivity index (χ0) is 14.1. The number of rotatable bonds is 3. The fourth-order valence-corrected chi connectivity index (χ4v) is 3.01. The molecular weight excluding hydrogens is 296 g/mol. The van der Waals surface area contributed by atoms with Gasteiger partial charge in [-0.05, 0) is 30.3 Å². The van der Waals surface area contributed by atoms with E-state index in [4.69, 9.17) is 17.3 Å². The van der Waals surface area contributed by atoms with E-state index in [9.17, 15) is 4.21 Å². The monoisotopic (exact) mass is 306 g/mol. The standard InChI is InChI=1S/C13H11ClN4OS/c14-8-4-5-10-11(6-8)18-13(17-10)20(19)7-9-2-1-3-12(15)16-9/h1-6H,7H2,(H2,15,16)(H,17,18). The van der Waals surface area contributed by atoms with E-state index < -0.39 is 10.8 Å². The SMILES string of the molecule is Nc1cccc(CS(=O)c2nc3ccc(Cl)cc3[nH]2)n1. The number of pyridine rings is 1. The summed E-state index contributed by atoms with van der Waals surface area (Å²) in [6.07, 6.45) is 0. The second kappa shape index (κ2) is 5.22. The van der Waals surface area contributed by atoms with Gasteiger partial charge < -0.3 is 10.7 Å². The van der Waals surface area contributed by atoms with Crippen molar-refractivity contribution in [2.24, 2.45) is 0 Å². The molecule has 2 aromatic heterocycles. The van der Waals surface area contributed by atoms with Gasteiger partial charge in [-0.15, -0.1) is 0 Å². The number of nitrogens with two attached hydrogens (primary N) is 1. The highest BCUT2D eigenvalue weighted by molar-refractivity contribution is 7.84. The van der Waals surface area contributed by atoms with E-state index in [1.54, 1.807) is 36.4 Å². The Kier molecular flexibility index (Phi) is 3.42. The Morgan fingerprint density at radius 2 is 2.10 bits per heavy atom. The van der Waals surface area contributed by atoms with Crippen LogP contribution in [0.3, 0.4) is 0 Å². The molecule has 3 aromatic rings. The lowest BCUT2D eigenvalue weighted by molar-refractivity contribution is 0.677. The van der Waals surface area contributed by atoms with E-state index >= 15 is 0 Å². The minimum Gasteiger partial charge on any atom is -0.384 e. The molecule has 0 bridgehead atoms. The number of nitrogen functional groups attached to an aromatic ring is 1. The van der Waals surface area contributed by atoms with Crippen molar-refractivity contribution in [1.82, 2.24) is 15.0 Å². The number of hydrogen-bond acceptors (Lipinski definition) is 4. The summed E-state index contributed by atoms with van der Waals surface area (Å²) in [5.41, 5.74) is 7.77. The van der Waals surface area contributed by atoms with Crippen LogP contribution in [0, 0.1) is 0 Å². The molecule has 7 heteroatoms. The molecule has 5 nitrogen and oxygen atoms in total. The first-order valence-corrected chi connectivity index (χ1v) is 7.56. The first-order valence-electron chi connectivity index (χ1n) is 5.87. The molecule has 1 aromatic carbocycles. The van der Waals surface area contributed by atoms with Crippen LogP contribution < -0.4 is 5.73 Å². The molecule has 20 heavy (non-hydrogen) atoms. The summed E-state index contributed by atoms with van der Waals surface area (Å²) in [7, 11) is -1.31. The van der Waals surface area contributed by atoms with Crippen molar-refractivity contribution in [3.63, 3.8) is 0 Å². The zero-order valence-electron chi connectivity index (χ0n) is 10.3. The molecule has 2 heterocycles. The van der Waals surface area contributed by atoms with Crippen LogP contribution in [0.4, 0.5) is 5.82 Å². The predicted octanol–water partition coefficient (Wildman–Crippen LogP) is 2.50. The molecule has 0 saturated heterocycles. The van der Waals surface area contributed by atoms with Gasteiger partial charge in [-0.3, -0.25) is 4.21 Å². The van der Waals surface area contributed by atoms with Crippen LogP contribution in [0.1, 0.15) is 5.69 Å². The fraction of sp³-hybridized carbons (Fsp3) is 0.0769. The average molecular weight is 307 g/mol. The third-order valence-electron chi connectivity index (χ3n) is 2.75. The van der Waals surface area contributed by atoms with E-state index in [0.717, 1.165) is 11.0 Å². The van der Waals surface area contributed by atoms with Crippen LogP contribution in [-0.2, 0) is 16.6 Å². The van der Waals surface area contributed by atoms with Crippen LogP contribution >= 0.6 is 11.6 Å². The highest BCUT2D eigenvalue weighted by atomic mass is 35.5. The van der Waals surface area contributed by atoms with Gasteiger partial charge in [0.1, 0.15) is 5.82 Å². The molecule has 0 amide bonds. The van der Waals surface area contributed by atoms with Gasteiger partial charge in [0, 0.05) is 5.02 Å². The van der Waals surface area contributed by atoms with Gasteiger partial charge in [-0.2, -0.15) is 0 Å². The maximum absolute atomic E-state index is 12.3. The Bertz CT molecular complexity index is 802. The highest BCUT2D eigenvalue weighted by Crippen LogP contribution is 2.19. The molecule has 0 saturated carbocycles. The highest BCUT2D eigenvalue weighted by Gasteiger charge is 2.11. The third-order valence-corrected chi connectivity index (χ3v) is 4.16. The van der Waals surface area contributed by atoms with Crippen molar-refractivity contribution >= 4 is 39.3 Å². The summed E-state index contributed by atoms with van der Waals surface area (Å²) in [6.45, 7) is 0. The summed E-state index contributed by atoms with van der Waals surface area (Å²) in [4.78, 5) is 11.4. The van der Waals surface area contributed by atoms with E-state index in [2.05, 4.69) is 15.0 Å². The number of benzene rings is 1. The molecule has 0 aliphatic heterocycles. The Morgan fingerprint density at radius 3 is 2.90 bits per heavy atom. The smallest absolute Gasteiger partial charge is 0.197 e. The number of anilines is 1. The molecule has 0 fully saturated rings. The minimum atomic E-state index is -1.31. The first-order chi connectivity index (χ1) is 9.61. The number of H-pyrrole nitrogens is 1. The predicted molar refractivity (Wildman–Crippen MR) is 79.9 cm³/mol. The molecule has 102 valence electrons. The van der Waals surface area contributed by atoms with Gasteiger partial charge in [0.05, 0.1) is 33.3 Å². The summed E-state index contributed by atoms with van der Waals surface area (Å²) in [5, 5.41) is 1.02. The summed E-state index contributed by atoms with van der Waals surface area (Å²) in [5.74, 6) is 0.675. The summed E-state index contributed by atoms with van der Waals surface area (Å²) < 4.78 is 12.3. The molecule has 0 radical (unpaired) electrons. The van der Waals surface area contributed by atoms with E-state index in [1.807, 2.05) is 0 Å². The van der Waals surface area contributed by atoms with Crippen molar-refractivity contribution in [1.29, 1.82) is 0 Å². The van der Waals surface area contributed by atoms with E-state index in [1.165, 1.54) is 0 Å². The molecular formula is C13H11ClN4OS. The maximum Gasteiger partial charge on any atom is 0.197 e. The normalized spacial score (nSPS) is 12.7. The third kappa shape index (κ3) is 2.66. The van der Waals surface area contributed by atoms with Gasteiger partial charge in [0.15, 0.2) is 5.16 Å². The number of nitrogens with zero attached hydrogens (tertiary/aromatic N) is 2. The first kappa shape index (κ1) is 13.1. The van der Waals surface area contributed by atoms with Crippen LogP contribution in [0.15, 0.2) is 41.6 Å². The van der Waals surface area contributed by atoms with Crippen LogP contribution in [0.25, 0.3) is 11.0 Å². The van der Waals surface area contributed by atoms with Gasteiger partial charge in [0.2, 0.25) is 0 Å². The van der Waals surface area contributed by atoms with Gasteiger partial charge >= 0.3 is 0 Å².